The Kier molecular flexibility index (Phi) is 43.9. The number of hydrogen-bond acceptors (Lipinski definition) is 18. The van der Waals surface area contributed by atoms with Crippen molar-refractivity contribution in [3.05, 3.63) is 24.3 Å². The van der Waals surface area contributed by atoms with Gasteiger partial charge >= 0.3 is 0 Å². The zero-order chi connectivity index (χ0) is 61.2. The number of hydrogen-bond donors (Lipinski definition) is 12. The standard InChI is InChI=1S/C65H121NO18/c1-3-5-7-9-11-13-15-17-19-20-21-22-23-24-25-26-27-28-29-30-32-34-36-38-40-42-49(70)48(66-53(71)43-41-39-37-35-33-31-18-16-14-12-10-8-6-4-2)47-79-63-59(77)56(74)61(51(45-68)81-63)84-65-60(78)57(75)62(52(46-69)82-65)83-64-58(76)55(73)54(72)50(44-67)80-64/h32,34,40,42,48-52,54-65,67-70,72-78H,3-31,33,35-39,41,43-47H2,1-2H3,(H,66,71)/b34-32+,42-40+. The van der Waals surface area contributed by atoms with E-state index in [9.17, 15) is 61.0 Å². The molecule has 0 radical (unpaired) electrons. The van der Waals surface area contributed by atoms with Gasteiger partial charge in [0.05, 0.1) is 38.6 Å². The molecule has 3 fully saturated rings. The van der Waals surface area contributed by atoms with E-state index in [1.165, 1.54) is 180 Å². The molecule has 17 unspecified atom stereocenters. The molecule has 12 N–H and O–H groups in total. The molecule has 3 heterocycles. The van der Waals surface area contributed by atoms with Gasteiger partial charge in [-0.1, -0.05) is 237 Å². The van der Waals surface area contributed by atoms with Crippen LogP contribution >= 0.6 is 0 Å². The van der Waals surface area contributed by atoms with Gasteiger partial charge in [0.2, 0.25) is 5.91 Å². The Bertz CT molecular complexity index is 1630. The summed E-state index contributed by atoms with van der Waals surface area (Å²) in [5.74, 6) is -0.283. The molecule has 0 bridgehead atoms. The highest BCUT2D eigenvalue weighted by Crippen LogP contribution is 2.33. The Morgan fingerprint density at radius 2 is 0.762 bits per heavy atom. The molecule has 494 valence electrons. The van der Waals surface area contributed by atoms with Gasteiger partial charge in [-0.2, -0.15) is 0 Å². The summed E-state index contributed by atoms with van der Waals surface area (Å²) < 4.78 is 34.3. The highest BCUT2D eigenvalue weighted by molar-refractivity contribution is 5.76. The smallest absolute Gasteiger partial charge is 0.220 e. The SMILES string of the molecule is CCCCCCCCCCCCCCCCCCCCC/C=C/CC/C=C/C(O)C(COC1OC(CO)C(OC2OC(CO)C(OC3OC(CO)C(O)C(O)C3O)C(O)C2O)C(O)C1O)NC(=O)CCCCCCCCCCCCCCCC. The molecule has 84 heavy (non-hydrogen) atoms. The van der Waals surface area contributed by atoms with E-state index in [0.29, 0.717) is 12.8 Å². The molecular formula is C65H121NO18. The van der Waals surface area contributed by atoms with Crippen LogP contribution in [0.1, 0.15) is 251 Å². The molecule has 17 atom stereocenters. The van der Waals surface area contributed by atoms with Crippen LogP contribution in [0.15, 0.2) is 24.3 Å². The molecule has 0 aromatic heterocycles. The van der Waals surface area contributed by atoms with E-state index < -0.39 is 124 Å². The first-order valence-corrected chi connectivity index (χ1v) is 33.6. The van der Waals surface area contributed by atoms with Gasteiger partial charge in [0.1, 0.15) is 73.2 Å². The summed E-state index contributed by atoms with van der Waals surface area (Å²) in [4.78, 5) is 13.3. The van der Waals surface area contributed by atoms with E-state index in [1.54, 1.807) is 6.08 Å². The number of ether oxygens (including phenoxy) is 6. The summed E-state index contributed by atoms with van der Waals surface area (Å²) in [6.07, 6.45) is 25.9. The zero-order valence-electron chi connectivity index (χ0n) is 51.9. The maximum atomic E-state index is 13.3. The van der Waals surface area contributed by atoms with Gasteiger partial charge in [0.15, 0.2) is 18.9 Å². The lowest BCUT2D eigenvalue weighted by Gasteiger charge is -2.48. The molecule has 3 aliphatic rings. The number of aliphatic hydroxyl groups is 11. The van der Waals surface area contributed by atoms with Crippen molar-refractivity contribution in [3.63, 3.8) is 0 Å². The summed E-state index contributed by atoms with van der Waals surface area (Å²) in [6, 6.07) is -0.986. The van der Waals surface area contributed by atoms with Crippen molar-refractivity contribution in [2.24, 2.45) is 0 Å². The lowest BCUT2D eigenvalue weighted by atomic mass is 9.96. The predicted octanol–water partition coefficient (Wildman–Crippen LogP) is 7.88. The number of rotatable bonds is 51. The molecule has 0 aliphatic carbocycles. The second-order valence-electron chi connectivity index (χ2n) is 24.3. The minimum Gasteiger partial charge on any atom is -0.394 e. The van der Waals surface area contributed by atoms with Crippen LogP contribution in [-0.4, -0.2) is 193 Å². The van der Waals surface area contributed by atoms with Crippen molar-refractivity contribution in [2.75, 3.05) is 26.4 Å². The summed E-state index contributed by atoms with van der Waals surface area (Å²) in [5, 5.41) is 120. The lowest BCUT2D eigenvalue weighted by Crippen LogP contribution is -2.66. The Morgan fingerprint density at radius 1 is 0.417 bits per heavy atom. The van der Waals surface area contributed by atoms with Crippen molar-refractivity contribution >= 4 is 5.91 Å². The van der Waals surface area contributed by atoms with Crippen LogP contribution in [0.5, 0.6) is 0 Å². The molecule has 19 nitrogen and oxygen atoms in total. The highest BCUT2D eigenvalue weighted by Gasteiger charge is 2.53. The van der Waals surface area contributed by atoms with Crippen LogP contribution < -0.4 is 5.32 Å². The minimum absolute atomic E-state index is 0.240. The van der Waals surface area contributed by atoms with E-state index in [1.807, 2.05) is 6.08 Å². The van der Waals surface area contributed by atoms with Crippen LogP contribution in [0, 0.1) is 0 Å². The largest absolute Gasteiger partial charge is 0.394 e. The van der Waals surface area contributed by atoms with Crippen LogP contribution in [-0.2, 0) is 33.2 Å². The van der Waals surface area contributed by atoms with Crippen molar-refractivity contribution in [3.8, 4) is 0 Å². The Morgan fingerprint density at radius 3 is 1.19 bits per heavy atom. The fraction of sp³-hybridized carbons (Fsp3) is 0.923. The number of amides is 1. The summed E-state index contributed by atoms with van der Waals surface area (Å²) >= 11 is 0. The number of aliphatic hydroxyl groups excluding tert-OH is 11. The third-order valence-electron chi connectivity index (χ3n) is 17.0. The van der Waals surface area contributed by atoms with Gasteiger partial charge in [0.25, 0.3) is 0 Å². The number of allylic oxidation sites excluding steroid dienone is 3. The summed E-state index contributed by atoms with van der Waals surface area (Å²) in [5.41, 5.74) is 0. The van der Waals surface area contributed by atoms with Crippen molar-refractivity contribution in [1.82, 2.24) is 5.32 Å². The Labute approximate surface area is 505 Å². The fourth-order valence-corrected chi connectivity index (χ4v) is 11.5. The first-order valence-electron chi connectivity index (χ1n) is 33.6. The van der Waals surface area contributed by atoms with Crippen LogP contribution in [0.3, 0.4) is 0 Å². The Balaban J connectivity index is 1.45. The zero-order valence-corrected chi connectivity index (χ0v) is 51.9. The fourth-order valence-electron chi connectivity index (χ4n) is 11.5. The predicted molar refractivity (Wildman–Crippen MR) is 323 cm³/mol. The average molecular weight is 1200 g/mol. The van der Waals surface area contributed by atoms with Gasteiger partial charge in [-0.3, -0.25) is 4.79 Å². The van der Waals surface area contributed by atoms with Crippen molar-refractivity contribution in [1.29, 1.82) is 0 Å². The molecule has 3 saturated heterocycles. The first kappa shape index (κ1) is 76.5. The molecule has 0 saturated carbocycles. The van der Waals surface area contributed by atoms with E-state index >= 15 is 0 Å². The molecule has 3 rings (SSSR count). The second-order valence-corrected chi connectivity index (χ2v) is 24.3. The van der Waals surface area contributed by atoms with Gasteiger partial charge in [-0.15, -0.1) is 0 Å². The average Bonchev–Trinajstić information content (AvgIpc) is 2.54. The number of nitrogens with one attached hydrogen (secondary N) is 1. The monoisotopic (exact) mass is 1200 g/mol. The second kappa shape index (κ2) is 48.2. The van der Waals surface area contributed by atoms with Crippen LogP contribution in [0.25, 0.3) is 0 Å². The Hall–Kier alpha value is -1.73. The third-order valence-corrected chi connectivity index (χ3v) is 17.0. The molecule has 0 spiro atoms. The minimum atomic E-state index is -1.98. The van der Waals surface area contributed by atoms with Gasteiger partial charge in [0, 0.05) is 6.42 Å². The van der Waals surface area contributed by atoms with E-state index in [-0.39, 0.29) is 18.9 Å². The number of carbonyl (C=O) groups excluding carboxylic acids is 1. The summed E-state index contributed by atoms with van der Waals surface area (Å²) in [6.45, 7) is 1.73. The van der Waals surface area contributed by atoms with Gasteiger partial charge in [-0.25, -0.2) is 0 Å². The molecular weight excluding hydrogens is 1080 g/mol. The first-order chi connectivity index (χ1) is 40.8. The van der Waals surface area contributed by atoms with Crippen LogP contribution in [0.2, 0.25) is 0 Å². The molecule has 3 aliphatic heterocycles. The van der Waals surface area contributed by atoms with Gasteiger partial charge in [-0.05, 0) is 32.1 Å². The molecule has 0 aromatic rings. The van der Waals surface area contributed by atoms with Crippen molar-refractivity contribution in [2.45, 2.75) is 356 Å². The topological polar surface area (TPSA) is 307 Å². The normalized spacial score (nSPS) is 29.3. The quantitative estimate of drug-likeness (QED) is 0.0204. The molecule has 1 amide bonds. The lowest BCUT2D eigenvalue weighted by molar-refractivity contribution is -0.379. The van der Waals surface area contributed by atoms with E-state index in [0.717, 1.165) is 38.5 Å². The van der Waals surface area contributed by atoms with Crippen LogP contribution in [0.4, 0.5) is 0 Å². The third kappa shape index (κ3) is 30.7. The van der Waals surface area contributed by atoms with Gasteiger partial charge < -0.3 is 89.9 Å². The van der Waals surface area contributed by atoms with E-state index in [2.05, 4.69) is 31.3 Å². The van der Waals surface area contributed by atoms with Crippen molar-refractivity contribution < 1.29 is 89.4 Å². The summed E-state index contributed by atoms with van der Waals surface area (Å²) in [7, 11) is 0. The molecule has 0 aromatic carbocycles. The van der Waals surface area contributed by atoms with E-state index in [4.69, 9.17) is 28.4 Å². The highest BCUT2D eigenvalue weighted by atomic mass is 16.8. The number of carbonyl (C=O) groups is 1. The number of unbranched alkanes of at least 4 members (excludes halogenated alkanes) is 33. The maximum absolute atomic E-state index is 13.3. The molecule has 19 heteroatoms. The maximum Gasteiger partial charge on any atom is 0.220 e.